The zero-order valence-corrected chi connectivity index (χ0v) is 12.7. The van der Waals surface area contributed by atoms with Crippen molar-refractivity contribution in [1.29, 1.82) is 0 Å². The van der Waals surface area contributed by atoms with Crippen molar-refractivity contribution < 1.29 is 9.84 Å². The van der Waals surface area contributed by atoms with Crippen LogP contribution in [0.15, 0.2) is 24.3 Å². The number of rotatable bonds is 5. The van der Waals surface area contributed by atoms with Crippen LogP contribution < -0.4 is 4.74 Å². The number of aliphatic hydroxyl groups is 1. The van der Waals surface area contributed by atoms with Crippen LogP contribution in [0, 0.1) is 0 Å². The van der Waals surface area contributed by atoms with Gasteiger partial charge in [0.15, 0.2) is 0 Å². The number of hydrogen-bond acceptors (Lipinski definition) is 3. The Labute approximate surface area is 123 Å². The first-order valence-electron chi connectivity index (χ1n) is 6.71. The molecule has 0 atom stereocenters. The van der Waals surface area contributed by atoms with E-state index in [9.17, 15) is 5.11 Å². The second-order valence-electron chi connectivity index (χ2n) is 4.84. The zero-order chi connectivity index (χ0) is 14.7. The molecule has 108 valence electrons. The van der Waals surface area contributed by atoms with Crippen LogP contribution in [0.5, 0.6) is 11.6 Å². The van der Waals surface area contributed by atoms with E-state index in [2.05, 4.69) is 5.10 Å². The van der Waals surface area contributed by atoms with Gasteiger partial charge in [-0.15, -0.1) is 0 Å². The van der Waals surface area contributed by atoms with Gasteiger partial charge in [-0.05, 0) is 44.5 Å². The standard InChI is InChI=1S/C15H19ClN2O2/c1-4-13-14(9-19)17-18(10(2)3)15(13)20-12-7-5-11(16)6-8-12/h5-8,10,19H,4,9H2,1-3H3. The Morgan fingerprint density at radius 2 is 1.95 bits per heavy atom. The average Bonchev–Trinajstić information content (AvgIpc) is 2.79. The van der Waals surface area contributed by atoms with Gasteiger partial charge in [0, 0.05) is 10.6 Å². The van der Waals surface area contributed by atoms with Crippen molar-refractivity contribution in [3.63, 3.8) is 0 Å². The average molecular weight is 295 g/mol. The first kappa shape index (κ1) is 14.9. The Morgan fingerprint density at radius 3 is 2.45 bits per heavy atom. The summed E-state index contributed by atoms with van der Waals surface area (Å²) in [5.41, 5.74) is 1.61. The molecule has 1 aromatic carbocycles. The largest absolute Gasteiger partial charge is 0.439 e. The van der Waals surface area contributed by atoms with Crippen LogP contribution in [0.3, 0.4) is 0 Å². The summed E-state index contributed by atoms with van der Waals surface area (Å²) in [5, 5.41) is 14.5. The Morgan fingerprint density at radius 1 is 1.30 bits per heavy atom. The molecule has 20 heavy (non-hydrogen) atoms. The van der Waals surface area contributed by atoms with E-state index in [0.29, 0.717) is 22.3 Å². The molecule has 0 fully saturated rings. The maximum atomic E-state index is 9.42. The molecule has 0 aliphatic carbocycles. The minimum atomic E-state index is -0.0835. The Hall–Kier alpha value is -1.52. The highest BCUT2D eigenvalue weighted by Gasteiger charge is 2.19. The van der Waals surface area contributed by atoms with Gasteiger partial charge in [-0.2, -0.15) is 5.10 Å². The number of benzene rings is 1. The van der Waals surface area contributed by atoms with Crippen LogP contribution in [0.4, 0.5) is 0 Å². The predicted molar refractivity (Wildman–Crippen MR) is 79.4 cm³/mol. The molecule has 1 heterocycles. The number of aliphatic hydroxyl groups excluding tert-OH is 1. The monoisotopic (exact) mass is 294 g/mol. The van der Waals surface area contributed by atoms with Gasteiger partial charge in [-0.1, -0.05) is 18.5 Å². The second kappa shape index (κ2) is 6.29. The number of aromatic nitrogens is 2. The molecule has 0 unspecified atom stereocenters. The van der Waals surface area contributed by atoms with E-state index in [4.69, 9.17) is 16.3 Å². The smallest absolute Gasteiger partial charge is 0.221 e. The van der Waals surface area contributed by atoms with E-state index in [-0.39, 0.29) is 12.6 Å². The maximum Gasteiger partial charge on any atom is 0.221 e. The minimum Gasteiger partial charge on any atom is -0.439 e. The van der Waals surface area contributed by atoms with Gasteiger partial charge in [0.2, 0.25) is 5.88 Å². The summed E-state index contributed by atoms with van der Waals surface area (Å²) in [4.78, 5) is 0. The highest BCUT2D eigenvalue weighted by atomic mass is 35.5. The number of hydrogen-bond donors (Lipinski definition) is 1. The molecule has 0 saturated heterocycles. The summed E-state index contributed by atoms with van der Waals surface area (Å²) in [6, 6.07) is 7.36. The van der Waals surface area contributed by atoms with E-state index in [1.54, 1.807) is 16.8 Å². The lowest BCUT2D eigenvalue weighted by Crippen LogP contribution is -2.05. The molecular weight excluding hydrogens is 276 g/mol. The van der Waals surface area contributed by atoms with Crippen LogP contribution in [-0.2, 0) is 13.0 Å². The highest BCUT2D eigenvalue weighted by molar-refractivity contribution is 6.30. The Bertz CT molecular complexity index is 576. The molecule has 0 radical (unpaired) electrons. The summed E-state index contributed by atoms with van der Waals surface area (Å²) in [6.07, 6.45) is 0.755. The Kier molecular flexibility index (Phi) is 4.68. The number of nitrogens with zero attached hydrogens (tertiary/aromatic N) is 2. The van der Waals surface area contributed by atoms with Crippen LogP contribution in [0.2, 0.25) is 5.02 Å². The lowest BCUT2D eigenvalue weighted by Gasteiger charge is -2.13. The first-order valence-corrected chi connectivity index (χ1v) is 7.09. The van der Waals surface area contributed by atoms with Gasteiger partial charge in [-0.3, -0.25) is 0 Å². The van der Waals surface area contributed by atoms with E-state index >= 15 is 0 Å². The molecular formula is C15H19ClN2O2. The minimum absolute atomic E-state index is 0.0835. The maximum absolute atomic E-state index is 9.42. The van der Waals surface area contributed by atoms with Crippen LogP contribution >= 0.6 is 11.6 Å². The lowest BCUT2D eigenvalue weighted by molar-refractivity contribution is 0.273. The number of ether oxygens (including phenoxy) is 1. The van der Waals surface area contributed by atoms with Crippen LogP contribution in [0.25, 0.3) is 0 Å². The molecule has 0 bridgehead atoms. The van der Waals surface area contributed by atoms with Gasteiger partial charge < -0.3 is 9.84 Å². The fourth-order valence-corrected chi connectivity index (χ4v) is 2.18. The van der Waals surface area contributed by atoms with E-state index < -0.39 is 0 Å². The molecule has 0 aliphatic rings. The third-order valence-corrected chi connectivity index (χ3v) is 3.32. The van der Waals surface area contributed by atoms with E-state index in [1.165, 1.54) is 0 Å². The predicted octanol–water partition coefficient (Wildman–Crippen LogP) is 3.96. The molecule has 5 heteroatoms. The van der Waals surface area contributed by atoms with Crippen molar-refractivity contribution in [3.8, 4) is 11.6 Å². The molecule has 2 rings (SSSR count). The van der Waals surface area contributed by atoms with Gasteiger partial charge in [-0.25, -0.2) is 4.68 Å². The number of halogens is 1. The molecule has 4 nitrogen and oxygen atoms in total. The van der Waals surface area contributed by atoms with Crippen molar-refractivity contribution in [2.24, 2.45) is 0 Å². The SMILES string of the molecule is CCc1c(CO)nn(C(C)C)c1Oc1ccc(Cl)cc1. The van der Waals surface area contributed by atoms with Crippen molar-refractivity contribution in [1.82, 2.24) is 9.78 Å². The van der Waals surface area contributed by atoms with Crippen molar-refractivity contribution in [3.05, 3.63) is 40.5 Å². The summed E-state index contributed by atoms with van der Waals surface area (Å²) >= 11 is 5.88. The second-order valence-corrected chi connectivity index (χ2v) is 5.27. The molecule has 0 aliphatic heterocycles. The van der Waals surface area contributed by atoms with Crippen molar-refractivity contribution >= 4 is 11.6 Å². The van der Waals surface area contributed by atoms with Gasteiger partial charge in [0.1, 0.15) is 5.75 Å². The molecule has 0 spiro atoms. The van der Waals surface area contributed by atoms with Crippen LogP contribution in [0.1, 0.15) is 38.1 Å². The van der Waals surface area contributed by atoms with E-state index in [0.717, 1.165) is 12.0 Å². The first-order chi connectivity index (χ1) is 9.56. The zero-order valence-electron chi connectivity index (χ0n) is 11.9. The summed E-state index contributed by atoms with van der Waals surface area (Å²) in [7, 11) is 0. The van der Waals surface area contributed by atoms with Crippen molar-refractivity contribution in [2.45, 2.75) is 39.8 Å². The summed E-state index contributed by atoms with van der Waals surface area (Å²) in [5.74, 6) is 1.39. The molecule has 0 saturated carbocycles. The fourth-order valence-electron chi connectivity index (χ4n) is 2.05. The molecule has 0 amide bonds. The molecule has 1 N–H and O–H groups in total. The van der Waals surface area contributed by atoms with Crippen LogP contribution in [-0.4, -0.2) is 14.9 Å². The third kappa shape index (κ3) is 2.97. The lowest BCUT2D eigenvalue weighted by atomic mass is 10.2. The van der Waals surface area contributed by atoms with Crippen molar-refractivity contribution in [2.75, 3.05) is 0 Å². The fraction of sp³-hybridized carbons (Fsp3) is 0.400. The van der Waals surface area contributed by atoms with Gasteiger partial charge >= 0.3 is 0 Å². The quantitative estimate of drug-likeness (QED) is 0.908. The summed E-state index contributed by atoms with van der Waals surface area (Å²) in [6.45, 7) is 6.00. The van der Waals surface area contributed by atoms with E-state index in [1.807, 2.05) is 32.9 Å². The molecule has 2 aromatic rings. The highest BCUT2D eigenvalue weighted by Crippen LogP contribution is 2.31. The topological polar surface area (TPSA) is 47.3 Å². The summed E-state index contributed by atoms with van der Waals surface area (Å²) < 4.78 is 7.77. The normalized spacial score (nSPS) is 11.1. The molecule has 1 aromatic heterocycles. The third-order valence-electron chi connectivity index (χ3n) is 3.06. The Balaban J connectivity index is 2.42. The van der Waals surface area contributed by atoms with Gasteiger partial charge in [0.25, 0.3) is 0 Å². The van der Waals surface area contributed by atoms with Gasteiger partial charge in [0.05, 0.1) is 18.3 Å².